The van der Waals surface area contributed by atoms with Crippen LogP contribution in [0.25, 0.3) is 0 Å². The second kappa shape index (κ2) is 6.65. The molecular formula is C15H16FN3O. The van der Waals surface area contributed by atoms with Gasteiger partial charge in [0.25, 0.3) is 5.91 Å². The lowest BCUT2D eigenvalue weighted by molar-refractivity contribution is 0.0946. The molecule has 0 aliphatic heterocycles. The van der Waals surface area contributed by atoms with Crippen LogP contribution in [0, 0.1) is 5.82 Å². The van der Waals surface area contributed by atoms with Gasteiger partial charge in [-0.25, -0.2) is 9.37 Å². The van der Waals surface area contributed by atoms with E-state index in [1.165, 1.54) is 12.1 Å². The molecule has 0 atom stereocenters. The normalized spacial score (nSPS) is 10.1. The number of nitrogens with zero attached hydrogens (tertiary/aromatic N) is 1. The van der Waals surface area contributed by atoms with Gasteiger partial charge in [-0.3, -0.25) is 4.79 Å². The Labute approximate surface area is 117 Å². The van der Waals surface area contributed by atoms with Crippen LogP contribution < -0.4 is 10.6 Å². The summed E-state index contributed by atoms with van der Waals surface area (Å²) in [4.78, 5) is 16.2. The second-order valence-electron chi connectivity index (χ2n) is 4.25. The van der Waals surface area contributed by atoms with Crippen molar-refractivity contribution in [3.8, 4) is 0 Å². The van der Waals surface area contributed by atoms with Gasteiger partial charge in [0.2, 0.25) is 0 Å². The topological polar surface area (TPSA) is 54.0 Å². The Bertz CT molecular complexity index is 584. The molecule has 1 heterocycles. The fourth-order valence-corrected chi connectivity index (χ4v) is 1.72. The predicted molar refractivity (Wildman–Crippen MR) is 76.0 cm³/mol. The molecule has 0 aliphatic carbocycles. The Balaban J connectivity index is 1.97. The maximum Gasteiger partial charge on any atom is 0.270 e. The molecule has 2 rings (SSSR count). The Morgan fingerprint density at radius 1 is 1.20 bits per heavy atom. The van der Waals surface area contributed by atoms with E-state index in [2.05, 4.69) is 15.6 Å². The number of pyridine rings is 1. The van der Waals surface area contributed by atoms with Gasteiger partial charge >= 0.3 is 0 Å². The third-order valence-electron chi connectivity index (χ3n) is 2.71. The molecule has 0 aliphatic rings. The SMILES string of the molecule is CCNc1cccc(C(=O)NCc2ccc(F)cc2)n1. The lowest BCUT2D eigenvalue weighted by atomic mass is 10.2. The van der Waals surface area contributed by atoms with Crippen molar-refractivity contribution in [3.63, 3.8) is 0 Å². The lowest BCUT2D eigenvalue weighted by Crippen LogP contribution is -2.24. The third-order valence-corrected chi connectivity index (χ3v) is 2.71. The number of hydrogen-bond donors (Lipinski definition) is 2. The Hall–Kier alpha value is -2.43. The first kappa shape index (κ1) is 14.0. The summed E-state index contributed by atoms with van der Waals surface area (Å²) in [7, 11) is 0. The molecule has 2 aromatic rings. The van der Waals surface area contributed by atoms with Crippen LogP contribution in [0.3, 0.4) is 0 Å². The number of aromatic nitrogens is 1. The Morgan fingerprint density at radius 3 is 2.65 bits per heavy atom. The van der Waals surface area contributed by atoms with Gasteiger partial charge in [-0.2, -0.15) is 0 Å². The highest BCUT2D eigenvalue weighted by Gasteiger charge is 2.07. The zero-order chi connectivity index (χ0) is 14.4. The molecule has 1 aromatic heterocycles. The molecule has 0 spiro atoms. The van der Waals surface area contributed by atoms with Crippen molar-refractivity contribution in [2.75, 3.05) is 11.9 Å². The van der Waals surface area contributed by atoms with Crippen LogP contribution in [0.5, 0.6) is 0 Å². The standard InChI is InChI=1S/C15H16FN3O/c1-2-17-14-5-3-4-13(19-14)15(20)18-10-11-6-8-12(16)9-7-11/h3-9H,2,10H2,1H3,(H,17,19)(H,18,20). The molecule has 1 aromatic carbocycles. The van der Waals surface area contributed by atoms with E-state index in [0.717, 1.165) is 12.1 Å². The highest BCUT2D eigenvalue weighted by atomic mass is 19.1. The van der Waals surface area contributed by atoms with E-state index < -0.39 is 0 Å². The van der Waals surface area contributed by atoms with E-state index in [1.54, 1.807) is 30.3 Å². The molecule has 2 N–H and O–H groups in total. The highest BCUT2D eigenvalue weighted by Crippen LogP contribution is 2.06. The van der Waals surface area contributed by atoms with Crippen LogP contribution in [-0.2, 0) is 6.54 Å². The van der Waals surface area contributed by atoms with Crippen LogP contribution in [0.2, 0.25) is 0 Å². The summed E-state index contributed by atoms with van der Waals surface area (Å²) in [5.74, 6) is 0.121. The summed E-state index contributed by atoms with van der Waals surface area (Å²) < 4.78 is 12.8. The van der Waals surface area contributed by atoms with Gasteiger partial charge in [-0.1, -0.05) is 18.2 Å². The summed E-state index contributed by atoms with van der Waals surface area (Å²) >= 11 is 0. The maximum atomic E-state index is 12.8. The molecule has 0 unspecified atom stereocenters. The van der Waals surface area contributed by atoms with Crippen LogP contribution >= 0.6 is 0 Å². The maximum absolute atomic E-state index is 12.8. The molecular weight excluding hydrogens is 257 g/mol. The summed E-state index contributed by atoms with van der Waals surface area (Å²) in [6, 6.07) is 11.2. The Kier molecular flexibility index (Phi) is 4.65. The van der Waals surface area contributed by atoms with E-state index in [-0.39, 0.29) is 11.7 Å². The number of nitrogens with one attached hydrogen (secondary N) is 2. The quantitative estimate of drug-likeness (QED) is 0.880. The molecule has 1 amide bonds. The molecule has 0 radical (unpaired) electrons. The fraction of sp³-hybridized carbons (Fsp3) is 0.200. The van der Waals surface area contributed by atoms with E-state index in [0.29, 0.717) is 18.1 Å². The molecule has 20 heavy (non-hydrogen) atoms. The minimum atomic E-state index is -0.292. The van der Waals surface area contributed by atoms with Gasteiger partial charge in [-0.15, -0.1) is 0 Å². The second-order valence-corrected chi connectivity index (χ2v) is 4.25. The van der Waals surface area contributed by atoms with E-state index >= 15 is 0 Å². The summed E-state index contributed by atoms with van der Waals surface area (Å²) in [6.07, 6.45) is 0. The number of amides is 1. The average Bonchev–Trinajstić information content (AvgIpc) is 2.47. The lowest BCUT2D eigenvalue weighted by Gasteiger charge is -2.07. The number of carbonyl (C=O) groups excluding carboxylic acids is 1. The van der Waals surface area contributed by atoms with Gasteiger partial charge in [0.05, 0.1) is 0 Å². The number of halogens is 1. The fourth-order valence-electron chi connectivity index (χ4n) is 1.72. The number of carbonyl (C=O) groups is 1. The predicted octanol–water partition coefficient (Wildman–Crippen LogP) is 2.58. The van der Waals surface area contributed by atoms with Crippen molar-refractivity contribution >= 4 is 11.7 Å². The van der Waals surface area contributed by atoms with Gasteiger partial charge in [0.15, 0.2) is 0 Å². The average molecular weight is 273 g/mol. The summed E-state index contributed by atoms with van der Waals surface area (Å²) in [5.41, 5.74) is 1.19. The monoisotopic (exact) mass is 273 g/mol. The van der Waals surface area contributed by atoms with Crippen molar-refractivity contribution in [2.24, 2.45) is 0 Å². The van der Waals surface area contributed by atoms with Crippen LogP contribution in [0.4, 0.5) is 10.2 Å². The number of anilines is 1. The van der Waals surface area contributed by atoms with Gasteiger partial charge < -0.3 is 10.6 Å². The van der Waals surface area contributed by atoms with E-state index in [4.69, 9.17) is 0 Å². The van der Waals surface area contributed by atoms with E-state index in [9.17, 15) is 9.18 Å². The van der Waals surface area contributed by atoms with Crippen molar-refractivity contribution in [2.45, 2.75) is 13.5 Å². The minimum absolute atomic E-state index is 0.255. The molecule has 5 heteroatoms. The molecule has 0 bridgehead atoms. The van der Waals surface area contributed by atoms with Crippen LogP contribution in [0.15, 0.2) is 42.5 Å². The largest absolute Gasteiger partial charge is 0.370 e. The molecule has 0 fully saturated rings. The number of hydrogen-bond acceptors (Lipinski definition) is 3. The van der Waals surface area contributed by atoms with Crippen molar-refractivity contribution in [3.05, 3.63) is 59.5 Å². The van der Waals surface area contributed by atoms with Crippen LogP contribution in [-0.4, -0.2) is 17.4 Å². The molecule has 0 saturated carbocycles. The third kappa shape index (κ3) is 3.78. The molecule has 0 saturated heterocycles. The smallest absolute Gasteiger partial charge is 0.270 e. The minimum Gasteiger partial charge on any atom is -0.370 e. The van der Waals surface area contributed by atoms with Gasteiger partial charge in [0, 0.05) is 13.1 Å². The van der Waals surface area contributed by atoms with Gasteiger partial charge in [-0.05, 0) is 36.8 Å². The first-order valence-corrected chi connectivity index (χ1v) is 6.42. The van der Waals surface area contributed by atoms with Crippen molar-refractivity contribution in [1.29, 1.82) is 0 Å². The number of rotatable bonds is 5. The number of benzene rings is 1. The zero-order valence-electron chi connectivity index (χ0n) is 11.2. The van der Waals surface area contributed by atoms with E-state index in [1.807, 2.05) is 6.92 Å². The molecule has 104 valence electrons. The summed E-state index contributed by atoms with van der Waals surface area (Å²) in [6.45, 7) is 3.04. The first-order valence-electron chi connectivity index (χ1n) is 6.42. The molecule has 4 nitrogen and oxygen atoms in total. The zero-order valence-corrected chi connectivity index (χ0v) is 11.2. The van der Waals surface area contributed by atoms with Crippen molar-refractivity contribution in [1.82, 2.24) is 10.3 Å². The highest BCUT2D eigenvalue weighted by molar-refractivity contribution is 5.92. The first-order chi connectivity index (χ1) is 9.69. The van der Waals surface area contributed by atoms with Gasteiger partial charge in [0.1, 0.15) is 17.3 Å². The summed E-state index contributed by atoms with van der Waals surface area (Å²) in [5, 5.41) is 5.80. The van der Waals surface area contributed by atoms with Crippen molar-refractivity contribution < 1.29 is 9.18 Å². The van der Waals surface area contributed by atoms with Crippen LogP contribution in [0.1, 0.15) is 23.0 Å². The Morgan fingerprint density at radius 2 is 1.95 bits per heavy atom.